The van der Waals surface area contributed by atoms with Crippen LogP contribution in [-0.4, -0.2) is 144 Å². The summed E-state index contributed by atoms with van der Waals surface area (Å²) in [5.41, 5.74) is -1.19. The SMILES string of the molecule is COc1cc2cc(c1Cl)N(C)C(=O)CC(OC(=O)C(C)N(C)C(=O)CCC(C)(C)SSCCC(C(=O)O)S(=O)(=O)O)C1(C)OC1C(C)C1CC(O)(NC(=O)O1)C(OC)/C=C/C=C(/C)C2. The lowest BCUT2D eigenvalue weighted by atomic mass is 9.83. The summed E-state index contributed by atoms with van der Waals surface area (Å²) in [6, 6.07) is 2.39. The fraction of sp³-hybridized carbons (Fsp3) is 0.643. The van der Waals surface area contributed by atoms with Gasteiger partial charge in [0.25, 0.3) is 10.1 Å². The van der Waals surface area contributed by atoms with Gasteiger partial charge in [0.05, 0.1) is 25.3 Å². The highest BCUT2D eigenvalue weighted by Gasteiger charge is 2.64. The Morgan fingerprint density at radius 3 is 2.48 bits per heavy atom. The third-order valence-electron chi connectivity index (χ3n) is 11.8. The van der Waals surface area contributed by atoms with Gasteiger partial charge in [0.1, 0.15) is 40.7 Å². The fourth-order valence-electron chi connectivity index (χ4n) is 7.60. The molecule has 3 amide bonds. The number of halogens is 1. The quantitative estimate of drug-likeness (QED) is 0.0581. The van der Waals surface area contributed by atoms with Gasteiger partial charge in [-0.1, -0.05) is 63.9 Å². The van der Waals surface area contributed by atoms with Crippen LogP contribution in [0.1, 0.15) is 79.2 Å². The van der Waals surface area contributed by atoms with Crippen molar-refractivity contribution in [2.75, 3.05) is 39.0 Å². The molecule has 4 bridgehead atoms. The number of likely N-dealkylation sites (N-methyl/N-ethyl adjacent to an activating group) is 1. The van der Waals surface area contributed by atoms with Crippen molar-refractivity contribution in [1.29, 1.82) is 0 Å². The number of aliphatic hydroxyl groups is 1. The monoisotopic (exact) mass is 977 g/mol. The molecule has 2 fully saturated rings. The number of aliphatic carboxylic acids is 1. The van der Waals surface area contributed by atoms with Crippen molar-refractivity contribution in [2.45, 2.75) is 132 Å². The van der Waals surface area contributed by atoms with Crippen LogP contribution >= 0.6 is 33.2 Å². The van der Waals surface area contributed by atoms with E-state index in [2.05, 4.69) is 5.32 Å². The number of esters is 1. The van der Waals surface area contributed by atoms with E-state index in [4.69, 9.17) is 40.4 Å². The maximum Gasteiger partial charge on any atom is 0.409 e. The number of carbonyl (C=O) groups is 5. The van der Waals surface area contributed by atoms with Gasteiger partial charge >= 0.3 is 18.0 Å². The normalized spacial score (nSPS) is 28.9. The van der Waals surface area contributed by atoms with Crippen LogP contribution in [-0.2, 0) is 54.7 Å². The van der Waals surface area contributed by atoms with Crippen molar-refractivity contribution in [3.05, 3.63) is 46.5 Å². The minimum Gasteiger partial charge on any atom is -0.495 e. The smallest absolute Gasteiger partial charge is 0.409 e. The van der Waals surface area contributed by atoms with Gasteiger partial charge in [0, 0.05) is 50.5 Å². The molecule has 0 aliphatic carbocycles. The number of ether oxygens (including phenoxy) is 5. The molecule has 1 aromatic rings. The second-order valence-electron chi connectivity index (χ2n) is 17.2. The van der Waals surface area contributed by atoms with Gasteiger partial charge in [-0.2, -0.15) is 8.42 Å². The van der Waals surface area contributed by atoms with Crippen LogP contribution in [0.3, 0.4) is 0 Å². The number of nitrogens with one attached hydrogen (secondary N) is 1. The minimum atomic E-state index is -4.77. The largest absolute Gasteiger partial charge is 0.495 e. The first-order valence-corrected chi connectivity index (χ1v) is 24.7. The molecule has 1 aromatic carbocycles. The summed E-state index contributed by atoms with van der Waals surface area (Å²) in [7, 11) is 3.61. The maximum atomic E-state index is 14.3. The summed E-state index contributed by atoms with van der Waals surface area (Å²) in [5.74, 6) is -3.53. The van der Waals surface area contributed by atoms with Gasteiger partial charge in [0.15, 0.2) is 11.0 Å². The number of methoxy groups -OCH3 is 2. The Kier molecular flexibility index (Phi) is 17.7. The highest BCUT2D eigenvalue weighted by Crippen LogP contribution is 2.49. The molecule has 18 nitrogen and oxygen atoms in total. The number of nitrogens with zero attached hydrogens (tertiary/aromatic N) is 2. The summed E-state index contributed by atoms with van der Waals surface area (Å²) < 4.78 is 60.8. The molecule has 0 saturated carbocycles. The number of rotatable bonds is 15. The molecule has 0 aromatic heterocycles. The fourth-order valence-corrected chi connectivity index (χ4v) is 11.4. The number of benzene rings is 1. The molecule has 358 valence electrons. The number of hydrogen-bond acceptors (Lipinski definition) is 15. The van der Waals surface area contributed by atoms with Gasteiger partial charge in [0.2, 0.25) is 11.8 Å². The highest BCUT2D eigenvalue weighted by atomic mass is 35.5. The highest BCUT2D eigenvalue weighted by molar-refractivity contribution is 8.77. The average molecular weight is 979 g/mol. The number of amides is 3. The first-order chi connectivity index (χ1) is 29.7. The maximum absolute atomic E-state index is 14.3. The lowest BCUT2D eigenvalue weighted by molar-refractivity contribution is -0.162. The van der Waals surface area contributed by atoms with Crippen LogP contribution in [0.4, 0.5) is 10.5 Å². The average Bonchev–Trinajstić information content (AvgIpc) is 3.91. The molecule has 4 N–H and O–H groups in total. The van der Waals surface area contributed by atoms with Gasteiger partial charge in [-0.3, -0.25) is 24.3 Å². The summed E-state index contributed by atoms with van der Waals surface area (Å²) in [6.45, 7) is 10.5. The van der Waals surface area contributed by atoms with Crippen molar-refractivity contribution >= 4 is 78.8 Å². The van der Waals surface area contributed by atoms with Crippen LogP contribution in [0.5, 0.6) is 5.75 Å². The first-order valence-electron chi connectivity index (χ1n) is 20.5. The molecule has 2 saturated heterocycles. The number of alkyl carbamates (subject to hydrolysis) is 1. The Balaban J connectivity index is 1.58. The lowest BCUT2D eigenvalue weighted by Crippen LogP contribution is -2.63. The molecule has 3 aliphatic heterocycles. The van der Waals surface area contributed by atoms with E-state index in [1.807, 2.05) is 26.8 Å². The van der Waals surface area contributed by atoms with Gasteiger partial charge in [-0.25, -0.2) is 9.59 Å². The van der Waals surface area contributed by atoms with E-state index in [-0.39, 0.29) is 36.5 Å². The van der Waals surface area contributed by atoms with Crippen molar-refractivity contribution in [1.82, 2.24) is 10.2 Å². The number of carbonyl (C=O) groups excluding carboxylic acids is 4. The number of hydrogen-bond donors (Lipinski definition) is 4. The Hall–Kier alpha value is -3.57. The number of carboxylic acid groups (broad SMARTS) is 1. The van der Waals surface area contributed by atoms with Crippen molar-refractivity contribution in [2.24, 2.45) is 5.92 Å². The Morgan fingerprint density at radius 2 is 1.88 bits per heavy atom. The first kappa shape index (κ1) is 53.0. The molecule has 3 heterocycles. The molecule has 3 aliphatic rings. The summed E-state index contributed by atoms with van der Waals surface area (Å²) in [5, 5.41) is 21.7. The molecule has 9 unspecified atom stereocenters. The van der Waals surface area contributed by atoms with E-state index in [0.29, 0.717) is 24.3 Å². The topological polar surface area (TPSA) is 248 Å². The van der Waals surface area contributed by atoms with Gasteiger partial charge in [-0.05, 0) is 71.6 Å². The molecule has 0 radical (unpaired) electrons. The zero-order chi connectivity index (χ0) is 48.1. The number of carboxylic acids is 1. The standard InChI is InChI=1S/C42H60ClN3O15S3/c1-23-12-11-13-31(58-10)42(53)22-29(59-39(52)44-42)24(2)36-41(6,61-36)32(21-34(48)46(8)27-19-26(18-23)20-28(57-9)35(27)43)60-38(51)25(3)45(7)33(47)14-16-40(4,5)63-62-17-15-30(37(49)50)64(54,55)56/h11-13,19-20,24-25,29-32,36,53H,14-18,21-22H2,1-10H3,(H,44,52)(H,49,50)(H,54,55,56)/b13-11+,23-12-. The van der Waals surface area contributed by atoms with Crippen molar-refractivity contribution in [3.8, 4) is 5.75 Å². The van der Waals surface area contributed by atoms with E-state index in [0.717, 1.165) is 11.1 Å². The summed E-state index contributed by atoms with van der Waals surface area (Å²) in [4.78, 5) is 68.5. The van der Waals surface area contributed by atoms with E-state index < -0.39 is 97.7 Å². The van der Waals surface area contributed by atoms with Crippen LogP contribution in [0.2, 0.25) is 5.02 Å². The predicted molar refractivity (Wildman–Crippen MR) is 242 cm³/mol. The van der Waals surface area contributed by atoms with Gasteiger partial charge < -0.3 is 43.7 Å². The molecular formula is C42H60ClN3O15S3. The molecular weight excluding hydrogens is 918 g/mol. The Morgan fingerprint density at radius 1 is 1.20 bits per heavy atom. The van der Waals surface area contributed by atoms with Crippen molar-refractivity contribution < 1.29 is 70.8 Å². The molecule has 22 heteroatoms. The van der Waals surface area contributed by atoms with Crippen molar-refractivity contribution in [3.63, 3.8) is 0 Å². The second kappa shape index (κ2) is 21.4. The van der Waals surface area contributed by atoms with E-state index in [9.17, 15) is 42.0 Å². The minimum absolute atomic E-state index is 0.00418. The molecule has 64 heavy (non-hydrogen) atoms. The second-order valence-corrected chi connectivity index (χ2v) is 22.3. The lowest BCUT2D eigenvalue weighted by Gasteiger charge is -2.42. The van der Waals surface area contributed by atoms with E-state index in [1.165, 1.54) is 66.6 Å². The predicted octanol–water partition coefficient (Wildman–Crippen LogP) is 5.19. The van der Waals surface area contributed by atoms with E-state index >= 15 is 0 Å². The third kappa shape index (κ3) is 13.1. The molecule has 0 spiro atoms. The third-order valence-corrected chi connectivity index (χ3v) is 16.8. The van der Waals surface area contributed by atoms with Crippen LogP contribution in [0.25, 0.3) is 0 Å². The zero-order valence-electron chi connectivity index (χ0n) is 37.6. The van der Waals surface area contributed by atoms with Crippen LogP contribution < -0.4 is 15.0 Å². The Bertz CT molecular complexity index is 2100. The molecule has 9 atom stereocenters. The van der Waals surface area contributed by atoms with Crippen LogP contribution in [0, 0.1) is 5.92 Å². The van der Waals surface area contributed by atoms with E-state index in [1.54, 1.807) is 38.1 Å². The molecule has 4 rings (SSSR count). The summed E-state index contributed by atoms with van der Waals surface area (Å²) in [6.07, 6.45) is 0.374. The zero-order valence-corrected chi connectivity index (χ0v) is 40.8. The van der Waals surface area contributed by atoms with Gasteiger partial charge in [-0.15, -0.1) is 0 Å². The number of fused-ring (bicyclic) bond motifs is 5. The number of epoxide rings is 1. The number of anilines is 1. The number of allylic oxidation sites excluding steroid dienone is 3. The summed E-state index contributed by atoms with van der Waals surface area (Å²) >= 11 is 6.78. The Labute approximate surface area is 387 Å². The van der Waals surface area contributed by atoms with Crippen LogP contribution in [0.15, 0.2) is 35.9 Å².